The number of amides is 4. The summed E-state index contributed by atoms with van der Waals surface area (Å²) >= 11 is 0. The molecule has 0 aliphatic carbocycles. The topological polar surface area (TPSA) is 268 Å². The molecule has 266 valence electrons. The maximum atomic E-state index is 12.5. The third kappa shape index (κ3) is 9.09. The molecule has 0 bridgehead atoms. The smallest absolute Gasteiger partial charge is 0.407 e. The standard InChI is InChI=1S/C23H24N4O6.C8H12N4O5/c1-30-20-10-17(5-6-19(20)21-12-24-14-32-21)27-22(28)26-16-4-2-3-15(9-16)11-25-23(29)33-18-7-8-31-13-18;9-6(16)7-10-2-12(11-7)8-5(15)4(14)3(1-13)17-8/h2-6,9-10,12,14,18H,7-8,11,13H2,1H3,(H,25,29)(H2,26,27,28);2-5,8,13-15H,1H2,(H2,9,16)/t18-;/m0./s1. The molecule has 2 aliphatic heterocycles. The Morgan fingerprint density at radius 3 is 2.54 bits per heavy atom. The highest BCUT2D eigenvalue weighted by molar-refractivity contribution is 6.00. The first-order valence-electron chi connectivity index (χ1n) is 15.2. The molecule has 0 saturated carbocycles. The van der Waals surface area contributed by atoms with E-state index >= 15 is 0 Å². The second-order valence-corrected chi connectivity index (χ2v) is 10.9. The number of nitrogens with two attached hydrogens (primary N) is 1. The summed E-state index contributed by atoms with van der Waals surface area (Å²) in [5.41, 5.74) is 7.63. The molecule has 4 aromatic rings. The molecule has 0 radical (unpaired) electrons. The summed E-state index contributed by atoms with van der Waals surface area (Å²) in [6.07, 6.45) is -0.334. The maximum Gasteiger partial charge on any atom is 0.407 e. The second-order valence-electron chi connectivity index (χ2n) is 10.9. The molecule has 2 fully saturated rings. The van der Waals surface area contributed by atoms with Crippen LogP contribution in [0.5, 0.6) is 5.75 Å². The molecule has 2 aromatic carbocycles. The molecule has 4 unspecified atom stereocenters. The number of oxazole rings is 1. The third-order valence-corrected chi connectivity index (χ3v) is 7.45. The van der Waals surface area contributed by atoms with Crippen LogP contribution in [-0.4, -0.2) is 104 Å². The highest BCUT2D eigenvalue weighted by Gasteiger charge is 2.44. The number of ether oxygens (including phenoxy) is 4. The van der Waals surface area contributed by atoms with Crippen LogP contribution in [0.15, 0.2) is 65.8 Å². The summed E-state index contributed by atoms with van der Waals surface area (Å²) in [7, 11) is 1.54. The van der Waals surface area contributed by atoms with Crippen molar-refractivity contribution in [2.75, 3.05) is 37.6 Å². The largest absolute Gasteiger partial charge is 0.496 e. The van der Waals surface area contributed by atoms with Gasteiger partial charge in [-0.05, 0) is 29.8 Å². The van der Waals surface area contributed by atoms with Crippen molar-refractivity contribution in [2.24, 2.45) is 5.73 Å². The van der Waals surface area contributed by atoms with E-state index in [1.165, 1.54) is 13.5 Å². The Kier molecular flexibility index (Phi) is 11.9. The number of aliphatic hydroxyl groups is 3. The van der Waals surface area contributed by atoms with E-state index in [1.807, 2.05) is 6.07 Å². The van der Waals surface area contributed by atoms with Crippen molar-refractivity contribution in [2.45, 2.75) is 43.6 Å². The number of benzene rings is 2. The number of nitrogens with zero attached hydrogens (tertiary/aromatic N) is 4. The Labute approximate surface area is 284 Å². The first kappa shape index (κ1) is 35.7. The zero-order valence-corrected chi connectivity index (χ0v) is 26.7. The van der Waals surface area contributed by atoms with Gasteiger partial charge in [-0.3, -0.25) is 4.79 Å². The number of aromatic nitrogens is 4. The lowest BCUT2D eigenvalue weighted by Crippen LogP contribution is -2.33. The number of alkyl carbamates (subject to hydrolysis) is 1. The molecular weight excluding hydrogens is 660 g/mol. The Bertz CT molecular complexity index is 1750. The lowest BCUT2D eigenvalue weighted by Gasteiger charge is -2.13. The first-order chi connectivity index (χ1) is 24.1. The average Bonchev–Trinajstić information content (AvgIpc) is 3.94. The lowest BCUT2D eigenvalue weighted by molar-refractivity contribution is -0.0588. The van der Waals surface area contributed by atoms with Gasteiger partial charge in [-0.15, -0.1) is 5.10 Å². The van der Waals surface area contributed by atoms with E-state index in [2.05, 4.69) is 31.0 Å². The van der Waals surface area contributed by atoms with E-state index in [-0.39, 0.29) is 18.5 Å². The number of urea groups is 1. The molecule has 19 nitrogen and oxygen atoms in total. The van der Waals surface area contributed by atoms with Crippen molar-refractivity contribution in [1.29, 1.82) is 0 Å². The monoisotopic (exact) mass is 696 g/mol. The minimum atomic E-state index is -1.27. The van der Waals surface area contributed by atoms with Gasteiger partial charge in [0.05, 0.1) is 38.7 Å². The van der Waals surface area contributed by atoms with Crippen LogP contribution in [0, 0.1) is 0 Å². The van der Waals surface area contributed by atoms with E-state index < -0.39 is 49.2 Å². The third-order valence-electron chi connectivity index (χ3n) is 7.45. The van der Waals surface area contributed by atoms with Gasteiger partial charge < -0.3 is 60.4 Å². The van der Waals surface area contributed by atoms with E-state index in [4.69, 9.17) is 34.2 Å². The average molecular weight is 697 g/mol. The number of aliphatic hydroxyl groups excluding tert-OH is 3. The van der Waals surface area contributed by atoms with E-state index in [1.54, 1.807) is 42.6 Å². The predicted molar refractivity (Wildman–Crippen MR) is 172 cm³/mol. The molecule has 8 N–H and O–H groups in total. The zero-order chi connectivity index (χ0) is 35.6. The number of hydrogen-bond acceptors (Lipinski definition) is 14. The molecule has 2 aliphatic rings. The molecule has 0 spiro atoms. The SMILES string of the molecule is COc1cc(NC(=O)Nc2cccc(CNC(=O)O[C@H]3CCOC3)c2)ccc1-c1cnco1.NC(=O)c1ncn(C2OC(CO)C(O)C2O)n1. The number of rotatable bonds is 10. The van der Waals surface area contributed by atoms with Gasteiger partial charge in [0.25, 0.3) is 5.91 Å². The molecule has 50 heavy (non-hydrogen) atoms. The minimum Gasteiger partial charge on any atom is -0.496 e. The van der Waals surface area contributed by atoms with Gasteiger partial charge in [-0.1, -0.05) is 12.1 Å². The fourth-order valence-electron chi connectivity index (χ4n) is 4.96. The van der Waals surface area contributed by atoms with Gasteiger partial charge >= 0.3 is 12.1 Å². The Morgan fingerprint density at radius 1 is 1.10 bits per heavy atom. The van der Waals surface area contributed by atoms with Gasteiger partial charge in [0.1, 0.15) is 36.5 Å². The number of primary amides is 1. The molecule has 4 heterocycles. The van der Waals surface area contributed by atoms with Gasteiger partial charge in [-0.25, -0.2) is 24.2 Å². The normalized spacial score (nSPS) is 21.1. The number of hydrogen-bond donors (Lipinski definition) is 7. The van der Waals surface area contributed by atoms with Crippen LogP contribution in [0.3, 0.4) is 0 Å². The first-order valence-corrected chi connectivity index (χ1v) is 15.2. The van der Waals surface area contributed by atoms with Gasteiger partial charge in [0.15, 0.2) is 18.4 Å². The zero-order valence-electron chi connectivity index (χ0n) is 26.7. The maximum absolute atomic E-state index is 12.5. The second kappa shape index (κ2) is 16.7. The number of anilines is 2. The molecule has 4 amide bonds. The summed E-state index contributed by atoms with van der Waals surface area (Å²) in [6.45, 7) is 0.860. The highest BCUT2D eigenvalue weighted by Crippen LogP contribution is 2.32. The highest BCUT2D eigenvalue weighted by atomic mass is 16.6. The summed E-state index contributed by atoms with van der Waals surface area (Å²) in [4.78, 5) is 42.7. The van der Waals surface area contributed by atoms with Crippen LogP contribution < -0.4 is 26.4 Å². The van der Waals surface area contributed by atoms with Crippen molar-refractivity contribution in [3.63, 3.8) is 0 Å². The van der Waals surface area contributed by atoms with Crippen LogP contribution in [0.25, 0.3) is 11.3 Å². The van der Waals surface area contributed by atoms with Crippen molar-refractivity contribution in [3.05, 3.63) is 72.8 Å². The summed E-state index contributed by atoms with van der Waals surface area (Å²) < 4.78 is 27.4. The molecule has 2 saturated heterocycles. The van der Waals surface area contributed by atoms with E-state index in [0.29, 0.717) is 42.5 Å². The summed E-state index contributed by atoms with van der Waals surface area (Å²) in [6, 6.07) is 11.9. The molecule has 19 heteroatoms. The van der Waals surface area contributed by atoms with Crippen molar-refractivity contribution in [1.82, 2.24) is 25.1 Å². The Balaban J connectivity index is 0.000000240. The van der Waals surface area contributed by atoms with Gasteiger partial charge in [0, 0.05) is 30.4 Å². The molecule has 6 rings (SSSR count). The quantitative estimate of drug-likeness (QED) is 0.122. The van der Waals surface area contributed by atoms with E-state index in [0.717, 1.165) is 22.1 Å². The number of carbonyl (C=O) groups excluding carboxylic acids is 3. The molecule has 2 aromatic heterocycles. The Hall–Kier alpha value is -5.60. The molecular formula is C31H36N8O11. The van der Waals surface area contributed by atoms with Gasteiger partial charge in [0.2, 0.25) is 5.82 Å². The van der Waals surface area contributed by atoms with Crippen molar-refractivity contribution >= 4 is 29.4 Å². The van der Waals surface area contributed by atoms with Crippen LogP contribution in [0.4, 0.5) is 21.0 Å². The van der Waals surface area contributed by atoms with Crippen molar-refractivity contribution in [3.8, 4) is 17.1 Å². The lowest BCUT2D eigenvalue weighted by atomic mass is 10.1. The predicted octanol–water partition coefficient (Wildman–Crippen LogP) is 0.998. The molecule has 5 atom stereocenters. The van der Waals surface area contributed by atoms with Crippen molar-refractivity contribution < 1.29 is 53.1 Å². The fourth-order valence-corrected chi connectivity index (χ4v) is 4.96. The number of methoxy groups -OCH3 is 1. The fraction of sp³-hybridized carbons (Fsp3) is 0.355. The minimum absolute atomic E-state index is 0.204. The summed E-state index contributed by atoms with van der Waals surface area (Å²) in [5, 5.41) is 40.0. The van der Waals surface area contributed by atoms with Crippen LogP contribution in [0.2, 0.25) is 0 Å². The van der Waals surface area contributed by atoms with Crippen LogP contribution in [0.1, 0.15) is 28.8 Å². The van der Waals surface area contributed by atoms with Crippen LogP contribution >= 0.6 is 0 Å². The number of nitrogens with one attached hydrogen (secondary N) is 3. The number of carbonyl (C=O) groups is 3. The van der Waals surface area contributed by atoms with Crippen LogP contribution in [-0.2, 0) is 20.8 Å². The Morgan fingerprint density at radius 2 is 1.90 bits per heavy atom. The summed E-state index contributed by atoms with van der Waals surface area (Å²) in [5.74, 6) is 0.0700. The van der Waals surface area contributed by atoms with E-state index in [9.17, 15) is 24.6 Å². The van der Waals surface area contributed by atoms with Gasteiger partial charge in [-0.2, -0.15) is 0 Å².